The number of benzene rings is 1. The van der Waals surface area contributed by atoms with Gasteiger partial charge in [0.15, 0.2) is 5.75 Å². The van der Waals surface area contributed by atoms with Crippen LogP contribution in [0.1, 0.15) is 13.3 Å². The van der Waals surface area contributed by atoms with E-state index in [1.807, 2.05) is 6.92 Å². The van der Waals surface area contributed by atoms with E-state index in [4.69, 9.17) is 16.3 Å². The number of hydrogen-bond donors (Lipinski definition) is 2. The summed E-state index contributed by atoms with van der Waals surface area (Å²) in [6.07, 6.45) is 0.132. The minimum absolute atomic E-state index is 0.264. The van der Waals surface area contributed by atoms with E-state index in [-0.39, 0.29) is 10.2 Å². The Morgan fingerprint density at radius 1 is 1.59 bits per heavy atom. The molecule has 17 heavy (non-hydrogen) atoms. The number of carbonyl (C=O) groups is 1. The van der Waals surface area contributed by atoms with Gasteiger partial charge in [0.1, 0.15) is 0 Å². The van der Waals surface area contributed by atoms with Crippen molar-refractivity contribution in [3.05, 3.63) is 29.3 Å². The number of hydrogen-bond acceptors (Lipinski definition) is 3. The Morgan fingerprint density at radius 2 is 2.24 bits per heavy atom. The van der Waals surface area contributed by atoms with Crippen molar-refractivity contribution in [3.8, 4) is 5.75 Å². The summed E-state index contributed by atoms with van der Waals surface area (Å²) in [6.45, 7) is 1.98. The lowest BCUT2D eigenvalue weighted by molar-refractivity contribution is 0.199. The summed E-state index contributed by atoms with van der Waals surface area (Å²) in [5.41, 5.74) is 0. The molecule has 1 amide bonds. The number of rotatable bonds is 4. The van der Waals surface area contributed by atoms with E-state index in [2.05, 4.69) is 33.9 Å². The van der Waals surface area contributed by atoms with Gasteiger partial charge in [0.25, 0.3) is 0 Å². The van der Waals surface area contributed by atoms with E-state index in [0.717, 1.165) is 0 Å². The van der Waals surface area contributed by atoms with Gasteiger partial charge in [-0.3, -0.25) is 0 Å². The van der Waals surface area contributed by atoms with E-state index in [0.29, 0.717) is 17.2 Å². The molecule has 6 heteroatoms. The van der Waals surface area contributed by atoms with E-state index in [1.54, 1.807) is 24.3 Å². The Hall–Kier alpha value is -0.390. The molecule has 0 spiro atoms. The van der Waals surface area contributed by atoms with Crippen LogP contribution in [0.25, 0.3) is 0 Å². The molecule has 94 valence electrons. The third-order valence-corrected chi connectivity index (χ3v) is 2.90. The second-order valence-electron chi connectivity index (χ2n) is 3.50. The number of carbonyl (C=O) groups excluding carboxylic acids is 1. The zero-order valence-electron chi connectivity index (χ0n) is 9.19. The van der Waals surface area contributed by atoms with Crippen molar-refractivity contribution in [2.75, 3.05) is 0 Å². The van der Waals surface area contributed by atoms with Gasteiger partial charge >= 0.3 is 6.09 Å². The SMILES string of the molecule is CC(Br)CC(S)NC(=O)Oc1ccccc1Cl. The standard InChI is InChI=1S/C11H13BrClNO2S/c1-7(12)6-10(17)14-11(15)16-9-5-3-2-4-8(9)13/h2-5,7,10,17H,6H2,1H3,(H,14,15). The topological polar surface area (TPSA) is 38.3 Å². The van der Waals surface area contributed by atoms with E-state index >= 15 is 0 Å². The first kappa shape index (κ1) is 14.7. The Labute approximate surface area is 119 Å². The van der Waals surface area contributed by atoms with Crippen molar-refractivity contribution in [1.82, 2.24) is 5.32 Å². The molecule has 0 bridgehead atoms. The molecule has 2 atom stereocenters. The summed E-state index contributed by atoms with van der Waals surface area (Å²) in [5.74, 6) is 0.332. The smallest absolute Gasteiger partial charge is 0.409 e. The highest BCUT2D eigenvalue weighted by Crippen LogP contribution is 2.23. The summed E-state index contributed by atoms with van der Waals surface area (Å²) in [7, 11) is 0. The molecule has 1 aromatic rings. The average Bonchev–Trinajstić information content (AvgIpc) is 2.19. The van der Waals surface area contributed by atoms with Crippen molar-refractivity contribution >= 4 is 46.3 Å². The van der Waals surface area contributed by atoms with Gasteiger partial charge in [0.05, 0.1) is 10.4 Å². The zero-order chi connectivity index (χ0) is 12.8. The Bertz CT molecular complexity index is 389. The maximum Gasteiger partial charge on any atom is 0.413 e. The predicted molar refractivity (Wildman–Crippen MR) is 76.4 cm³/mol. The van der Waals surface area contributed by atoms with Gasteiger partial charge in [-0.2, -0.15) is 12.6 Å². The van der Waals surface area contributed by atoms with Crippen LogP contribution in [-0.4, -0.2) is 16.3 Å². The number of alkyl halides is 1. The Morgan fingerprint density at radius 3 is 2.82 bits per heavy atom. The lowest BCUT2D eigenvalue weighted by Gasteiger charge is -2.14. The van der Waals surface area contributed by atoms with Gasteiger partial charge in [0.2, 0.25) is 0 Å². The first-order chi connectivity index (χ1) is 7.99. The molecule has 1 N–H and O–H groups in total. The van der Waals surface area contributed by atoms with Gasteiger partial charge < -0.3 is 10.1 Å². The third kappa shape index (κ3) is 5.66. The number of amides is 1. The highest BCUT2D eigenvalue weighted by Gasteiger charge is 2.13. The number of thiol groups is 1. The summed E-state index contributed by atoms with van der Waals surface area (Å²) in [6, 6.07) is 6.79. The molecule has 0 aliphatic heterocycles. The van der Waals surface area contributed by atoms with Crippen LogP contribution < -0.4 is 10.1 Å². The summed E-state index contributed by atoms with van der Waals surface area (Å²) >= 11 is 13.5. The number of para-hydroxylation sites is 1. The van der Waals surface area contributed by atoms with Gasteiger partial charge in [0, 0.05) is 4.83 Å². The normalized spacial score (nSPS) is 13.9. The fraction of sp³-hybridized carbons (Fsp3) is 0.364. The highest BCUT2D eigenvalue weighted by atomic mass is 79.9. The molecule has 0 aliphatic carbocycles. The fourth-order valence-corrected chi connectivity index (χ4v) is 2.42. The van der Waals surface area contributed by atoms with Crippen molar-refractivity contribution < 1.29 is 9.53 Å². The van der Waals surface area contributed by atoms with Crippen LogP contribution in [-0.2, 0) is 0 Å². The first-order valence-electron chi connectivity index (χ1n) is 5.04. The lowest BCUT2D eigenvalue weighted by atomic mass is 10.3. The minimum Gasteiger partial charge on any atom is -0.409 e. The lowest BCUT2D eigenvalue weighted by Crippen LogP contribution is -2.34. The number of halogens is 2. The summed E-state index contributed by atoms with van der Waals surface area (Å²) < 4.78 is 5.05. The predicted octanol–water partition coefficient (Wildman–Crippen LogP) is 3.86. The molecular formula is C11H13BrClNO2S. The molecule has 1 rings (SSSR count). The van der Waals surface area contributed by atoms with Crippen molar-refractivity contribution in [2.24, 2.45) is 0 Å². The third-order valence-electron chi connectivity index (χ3n) is 1.87. The van der Waals surface area contributed by atoms with E-state index in [1.165, 1.54) is 0 Å². The average molecular weight is 339 g/mol. The van der Waals surface area contributed by atoms with Crippen LogP contribution >= 0.6 is 40.2 Å². The molecular weight excluding hydrogens is 326 g/mol. The molecule has 0 saturated heterocycles. The monoisotopic (exact) mass is 337 g/mol. The van der Waals surface area contributed by atoms with E-state index < -0.39 is 6.09 Å². The molecule has 3 nitrogen and oxygen atoms in total. The molecule has 1 aromatic carbocycles. The van der Waals surface area contributed by atoms with Crippen LogP contribution in [0.2, 0.25) is 5.02 Å². The number of ether oxygens (including phenoxy) is 1. The quantitative estimate of drug-likeness (QED) is 0.497. The molecule has 2 unspecified atom stereocenters. The summed E-state index contributed by atoms with van der Waals surface area (Å²) in [4.78, 5) is 11.8. The zero-order valence-corrected chi connectivity index (χ0v) is 12.4. The second kappa shape index (κ2) is 7.13. The molecule has 0 aliphatic rings. The van der Waals surface area contributed by atoms with Gasteiger partial charge in [-0.25, -0.2) is 4.79 Å². The fourth-order valence-electron chi connectivity index (χ4n) is 1.16. The van der Waals surface area contributed by atoms with Crippen molar-refractivity contribution in [3.63, 3.8) is 0 Å². The Kier molecular flexibility index (Phi) is 6.16. The minimum atomic E-state index is -0.564. The van der Waals surface area contributed by atoms with Crippen LogP contribution in [0, 0.1) is 0 Å². The maximum absolute atomic E-state index is 11.5. The molecule has 0 saturated carbocycles. The molecule has 0 radical (unpaired) electrons. The largest absolute Gasteiger partial charge is 0.413 e. The molecule has 0 fully saturated rings. The highest BCUT2D eigenvalue weighted by molar-refractivity contribution is 9.09. The van der Waals surface area contributed by atoms with Gasteiger partial charge in [-0.15, -0.1) is 0 Å². The Balaban J connectivity index is 2.47. The van der Waals surface area contributed by atoms with Crippen molar-refractivity contribution in [2.45, 2.75) is 23.5 Å². The number of nitrogens with one attached hydrogen (secondary N) is 1. The second-order valence-corrected chi connectivity index (χ2v) is 6.09. The summed E-state index contributed by atoms with van der Waals surface area (Å²) in [5, 5.41) is 2.73. The van der Waals surface area contributed by atoms with Crippen molar-refractivity contribution in [1.29, 1.82) is 0 Å². The van der Waals surface area contributed by atoms with Crippen LogP contribution in [0.3, 0.4) is 0 Å². The van der Waals surface area contributed by atoms with Crippen LogP contribution in [0.15, 0.2) is 24.3 Å². The van der Waals surface area contributed by atoms with Crippen LogP contribution in [0.5, 0.6) is 5.75 Å². The maximum atomic E-state index is 11.5. The van der Waals surface area contributed by atoms with E-state index in [9.17, 15) is 4.79 Å². The first-order valence-corrected chi connectivity index (χ1v) is 6.85. The molecule has 0 aromatic heterocycles. The van der Waals surface area contributed by atoms with Gasteiger partial charge in [-0.1, -0.05) is 46.6 Å². The van der Waals surface area contributed by atoms with Crippen LogP contribution in [0.4, 0.5) is 4.79 Å². The molecule has 0 heterocycles. The van der Waals surface area contributed by atoms with Gasteiger partial charge in [-0.05, 0) is 18.6 Å².